The van der Waals surface area contributed by atoms with Crippen LogP contribution < -0.4 is 0 Å². The normalized spacial score (nSPS) is 10.6. The summed E-state index contributed by atoms with van der Waals surface area (Å²) in [5.74, 6) is -0.431. The first-order valence-corrected chi connectivity index (χ1v) is 4.31. The molecule has 0 atom stereocenters. The fourth-order valence-electron chi connectivity index (χ4n) is 0.700. The summed E-state index contributed by atoms with van der Waals surface area (Å²) >= 11 is 0. The van der Waals surface area contributed by atoms with Gasteiger partial charge in [-0.2, -0.15) is 0 Å². The topological polar surface area (TPSA) is 46.6 Å². The Kier molecular flexibility index (Phi) is 3.86. The van der Waals surface area contributed by atoms with Crippen LogP contribution in [0.25, 0.3) is 0 Å². The van der Waals surface area contributed by atoms with Gasteiger partial charge in [0.15, 0.2) is 0 Å². The lowest BCUT2D eigenvalue weighted by molar-refractivity contribution is -0.125. The highest BCUT2D eigenvalue weighted by Gasteiger charge is 2.23. The van der Waals surface area contributed by atoms with E-state index in [-0.39, 0.29) is 0 Å². The molecule has 0 aliphatic rings. The molecular weight excluding hydrogens is 182 g/mol. The average molecular weight is 199 g/mol. The summed E-state index contributed by atoms with van der Waals surface area (Å²) < 4.78 is 5.00. The Hall–Kier alpha value is -1.32. The molecule has 0 N–H and O–H groups in total. The molecule has 4 heteroatoms. The molecule has 14 heavy (non-hydrogen) atoms. The predicted molar refractivity (Wildman–Crippen MR) is 53.8 cm³/mol. The van der Waals surface area contributed by atoms with Crippen molar-refractivity contribution < 1.29 is 14.3 Å². The van der Waals surface area contributed by atoms with Crippen LogP contribution in [0.1, 0.15) is 27.7 Å². The standard InChI is InChI=1S/C10H17NO3/c1-7(2)8(12)11(6)9(13)14-10(3,4)5/h1H2,2-6H3. The lowest BCUT2D eigenvalue weighted by Gasteiger charge is -2.23. The fourth-order valence-corrected chi connectivity index (χ4v) is 0.700. The second kappa shape index (κ2) is 4.26. The third kappa shape index (κ3) is 4.07. The van der Waals surface area contributed by atoms with Gasteiger partial charge in [-0.3, -0.25) is 4.79 Å². The van der Waals surface area contributed by atoms with E-state index in [4.69, 9.17) is 4.74 Å². The van der Waals surface area contributed by atoms with Crippen LogP contribution in [0.3, 0.4) is 0 Å². The first-order chi connectivity index (χ1) is 6.15. The SMILES string of the molecule is C=C(C)C(=O)N(C)C(=O)OC(C)(C)C. The van der Waals surface area contributed by atoms with Gasteiger partial charge in [-0.1, -0.05) is 6.58 Å². The number of hydrogen-bond acceptors (Lipinski definition) is 3. The summed E-state index contributed by atoms with van der Waals surface area (Å²) in [5, 5.41) is 0. The van der Waals surface area contributed by atoms with E-state index in [1.807, 2.05) is 0 Å². The van der Waals surface area contributed by atoms with Crippen LogP contribution in [0.15, 0.2) is 12.2 Å². The third-order valence-electron chi connectivity index (χ3n) is 1.34. The fraction of sp³-hybridized carbons (Fsp3) is 0.600. The van der Waals surface area contributed by atoms with Gasteiger partial charge in [0.25, 0.3) is 5.91 Å². The molecule has 0 heterocycles. The minimum atomic E-state index is -0.662. The first-order valence-electron chi connectivity index (χ1n) is 4.31. The second-order valence-electron chi connectivity index (χ2n) is 4.12. The van der Waals surface area contributed by atoms with Crippen molar-refractivity contribution in [1.82, 2.24) is 4.90 Å². The van der Waals surface area contributed by atoms with Crippen LogP contribution in [0, 0.1) is 0 Å². The van der Waals surface area contributed by atoms with Crippen LogP contribution in [0.5, 0.6) is 0 Å². The highest BCUT2D eigenvalue weighted by molar-refractivity contribution is 6.01. The number of carbonyl (C=O) groups excluding carboxylic acids is 2. The summed E-state index contributed by atoms with van der Waals surface area (Å²) in [4.78, 5) is 23.6. The van der Waals surface area contributed by atoms with E-state index < -0.39 is 17.6 Å². The van der Waals surface area contributed by atoms with Crippen molar-refractivity contribution in [2.24, 2.45) is 0 Å². The van der Waals surface area contributed by atoms with Crippen LogP contribution in [-0.2, 0) is 9.53 Å². The molecule has 0 aromatic rings. The lowest BCUT2D eigenvalue weighted by Crippen LogP contribution is -2.38. The van der Waals surface area contributed by atoms with E-state index in [2.05, 4.69) is 6.58 Å². The zero-order valence-corrected chi connectivity index (χ0v) is 9.38. The minimum Gasteiger partial charge on any atom is -0.443 e. The van der Waals surface area contributed by atoms with Gasteiger partial charge in [0.1, 0.15) is 5.60 Å². The van der Waals surface area contributed by atoms with Crippen molar-refractivity contribution in [3.63, 3.8) is 0 Å². The van der Waals surface area contributed by atoms with Crippen LogP contribution >= 0.6 is 0 Å². The Balaban J connectivity index is 4.42. The van der Waals surface area contributed by atoms with Gasteiger partial charge >= 0.3 is 6.09 Å². The molecule has 0 radical (unpaired) electrons. The molecule has 0 aliphatic heterocycles. The molecule has 0 saturated heterocycles. The summed E-state index contributed by atoms with van der Waals surface area (Å²) in [6.45, 7) is 10.2. The van der Waals surface area contributed by atoms with Gasteiger partial charge in [0.2, 0.25) is 0 Å². The Morgan fingerprint density at radius 2 is 1.71 bits per heavy atom. The molecule has 0 saturated carbocycles. The third-order valence-corrected chi connectivity index (χ3v) is 1.34. The summed E-state index contributed by atoms with van der Waals surface area (Å²) in [7, 11) is 1.37. The zero-order chi connectivity index (χ0) is 11.5. The Bertz CT molecular complexity index is 263. The summed E-state index contributed by atoms with van der Waals surface area (Å²) in [6, 6.07) is 0. The first kappa shape index (κ1) is 12.7. The quantitative estimate of drug-likeness (QED) is 0.606. The second-order valence-corrected chi connectivity index (χ2v) is 4.12. The number of hydrogen-bond donors (Lipinski definition) is 0. The highest BCUT2D eigenvalue weighted by atomic mass is 16.6. The maximum absolute atomic E-state index is 11.3. The smallest absolute Gasteiger partial charge is 0.417 e. The number of imide groups is 1. The number of nitrogens with zero attached hydrogens (tertiary/aromatic N) is 1. The molecule has 0 aliphatic carbocycles. The Labute approximate surface area is 84.5 Å². The summed E-state index contributed by atoms with van der Waals surface area (Å²) in [6.07, 6.45) is -0.662. The van der Waals surface area contributed by atoms with Crippen LogP contribution in [0.4, 0.5) is 4.79 Å². The number of amides is 2. The Morgan fingerprint density at radius 1 is 1.29 bits per heavy atom. The van der Waals surface area contributed by atoms with E-state index in [0.29, 0.717) is 5.57 Å². The van der Waals surface area contributed by atoms with Crippen molar-refractivity contribution in [3.8, 4) is 0 Å². The largest absolute Gasteiger partial charge is 0.443 e. The summed E-state index contributed by atoms with van der Waals surface area (Å²) in [5.41, 5.74) is -0.292. The minimum absolute atomic E-state index is 0.304. The molecule has 0 bridgehead atoms. The zero-order valence-electron chi connectivity index (χ0n) is 9.38. The average Bonchev–Trinajstić information content (AvgIpc) is 1.98. The predicted octanol–water partition coefficient (Wildman–Crippen LogP) is 1.96. The van der Waals surface area contributed by atoms with Gasteiger partial charge in [-0.05, 0) is 27.7 Å². The molecule has 0 aromatic heterocycles. The van der Waals surface area contributed by atoms with Crippen LogP contribution in [0.2, 0.25) is 0 Å². The van der Waals surface area contributed by atoms with E-state index >= 15 is 0 Å². The highest BCUT2D eigenvalue weighted by Crippen LogP contribution is 2.10. The van der Waals surface area contributed by atoms with Crippen molar-refractivity contribution >= 4 is 12.0 Å². The van der Waals surface area contributed by atoms with Crippen LogP contribution in [-0.4, -0.2) is 29.5 Å². The monoisotopic (exact) mass is 199 g/mol. The van der Waals surface area contributed by atoms with Gasteiger partial charge in [0.05, 0.1) is 0 Å². The maximum Gasteiger partial charge on any atom is 0.417 e. The van der Waals surface area contributed by atoms with Gasteiger partial charge in [-0.15, -0.1) is 0 Å². The molecule has 80 valence electrons. The molecule has 2 amide bonds. The van der Waals surface area contributed by atoms with E-state index in [0.717, 1.165) is 4.90 Å². The number of ether oxygens (including phenoxy) is 1. The van der Waals surface area contributed by atoms with Gasteiger partial charge in [0, 0.05) is 12.6 Å². The number of carbonyl (C=O) groups is 2. The van der Waals surface area contributed by atoms with Gasteiger partial charge < -0.3 is 4.74 Å². The lowest BCUT2D eigenvalue weighted by atomic mass is 10.2. The molecule has 0 unspecified atom stereocenters. The Morgan fingerprint density at radius 3 is 2.00 bits per heavy atom. The molecule has 0 spiro atoms. The molecule has 0 aromatic carbocycles. The van der Waals surface area contributed by atoms with E-state index in [1.54, 1.807) is 27.7 Å². The van der Waals surface area contributed by atoms with Gasteiger partial charge in [-0.25, -0.2) is 9.69 Å². The van der Waals surface area contributed by atoms with E-state index in [1.165, 1.54) is 7.05 Å². The number of rotatable bonds is 1. The number of likely N-dealkylation sites (N-methyl/N-ethyl adjacent to an activating group) is 1. The molecular formula is C10H17NO3. The maximum atomic E-state index is 11.3. The van der Waals surface area contributed by atoms with Crippen molar-refractivity contribution in [2.75, 3.05) is 7.05 Å². The molecule has 0 rings (SSSR count). The van der Waals surface area contributed by atoms with Crippen molar-refractivity contribution in [1.29, 1.82) is 0 Å². The molecule has 4 nitrogen and oxygen atoms in total. The molecule has 0 fully saturated rings. The van der Waals surface area contributed by atoms with Crippen molar-refractivity contribution in [3.05, 3.63) is 12.2 Å². The van der Waals surface area contributed by atoms with E-state index in [9.17, 15) is 9.59 Å². The van der Waals surface area contributed by atoms with Crippen molar-refractivity contribution in [2.45, 2.75) is 33.3 Å².